The summed E-state index contributed by atoms with van der Waals surface area (Å²) in [5.41, 5.74) is 0. The first-order chi connectivity index (χ1) is 7.10. The van der Waals surface area contributed by atoms with Crippen LogP contribution in [0.15, 0.2) is 0 Å². The van der Waals surface area contributed by atoms with Crippen molar-refractivity contribution < 1.29 is 14.4 Å². The molecule has 7 heteroatoms. The fourth-order valence-electron chi connectivity index (χ4n) is 0.744. The van der Waals surface area contributed by atoms with E-state index < -0.39 is 6.04 Å². The SMILES string of the molecule is CC(=O)NCNCC(=O)NC(C=O)CS. The van der Waals surface area contributed by atoms with Crippen LogP contribution in [-0.2, 0) is 14.4 Å². The maximum absolute atomic E-state index is 11.1. The Labute approximate surface area is 93.6 Å². The molecule has 15 heavy (non-hydrogen) atoms. The second kappa shape index (κ2) is 8.25. The van der Waals surface area contributed by atoms with Crippen molar-refractivity contribution >= 4 is 30.7 Å². The van der Waals surface area contributed by atoms with Crippen molar-refractivity contribution in [3.63, 3.8) is 0 Å². The minimum atomic E-state index is -0.566. The highest BCUT2D eigenvalue weighted by atomic mass is 32.1. The van der Waals surface area contributed by atoms with Crippen molar-refractivity contribution in [2.75, 3.05) is 19.0 Å². The van der Waals surface area contributed by atoms with E-state index >= 15 is 0 Å². The van der Waals surface area contributed by atoms with Gasteiger partial charge in [0.15, 0.2) is 0 Å². The van der Waals surface area contributed by atoms with Crippen molar-refractivity contribution in [1.82, 2.24) is 16.0 Å². The van der Waals surface area contributed by atoms with Gasteiger partial charge in [-0.2, -0.15) is 12.6 Å². The third kappa shape index (κ3) is 7.95. The van der Waals surface area contributed by atoms with E-state index in [9.17, 15) is 14.4 Å². The van der Waals surface area contributed by atoms with Crippen molar-refractivity contribution in [2.24, 2.45) is 0 Å². The highest BCUT2D eigenvalue weighted by Gasteiger charge is 2.08. The molecular formula is C8H15N3O3S. The van der Waals surface area contributed by atoms with Gasteiger partial charge in [0.1, 0.15) is 6.29 Å². The molecule has 3 N–H and O–H groups in total. The van der Waals surface area contributed by atoms with Crippen molar-refractivity contribution in [2.45, 2.75) is 13.0 Å². The van der Waals surface area contributed by atoms with Gasteiger partial charge < -0.3 is 15.4 Å². The molecule has 0 spiro atoms. The molecule has 0 aliphatic rings. The van der Waals surface area contributed by atoms with E-state index in [1.807, 2.05) is 0 Å². The summed E-state index contributed by atoms with van der Waals surface area (Å²) in [6.07, 6.45) is 0.624. The van der Waals surface area contributed by atoms with Gasteiger partial charge in [-0.15, -0.1) is 0 Å². The van der Waals surface area contributed by atoms with Crippen LogP contribution in [-0.4, -0.2) is 43.1 Å². The van der Waals surface area contributed by atoms with Crippen LogP contribution < -0.4 is 16.0 Å². The molecule has 0 saturated carbocycles. The van der Waals surface area contributed by atoms with E-state index in [2.05, 4.69) is 28.6 Å². The first-order valence-electron chi connectivity index (χ1n) is 4.40. The van der Waals surface area contributed by atoms with E-state index in [1.54, 1.807) is 0 Å². The van der Waals surface area contributed by atoms with Gasteiger partial charge in [0, 0.05) is 12.7 Å². The van der Waals surface area contributed by atoms with Gasteiger partial charge in [0.2, 0.25) is 11.8 Å². The Bertz CT molecular complexity index is 235. The van der Waals surface area contributed by atoms with Crippen LogP contribution in [0.2, 0.25) is 0 Å². The van der Waals surface area contributed by atoms with Crippen LogP contribution in [0, 0.1) is 0 Å². The summed E-state index contributed by atoms with van der Waals surface area (Å²) in [6, 6.07) is -0.566. The van der Waals surface area contributed by atoms with Crippen LogP contribution in [0.3, 0.4) is 0 Å². The Morgan fingerprint density at radius 2 is 2.13 bits per heavy atom. The Morgan fingerprint density at radius 1 is 1.47 bits per heavy atom. The van der Waals surface area contributed by atoms with Gasteiger partial charge in [0.25, 0.3) is 0 Å². The molecule has 0 radical (unpaired) electrons. The summed E-state index contributed by atoms with van der Waals surface area (Å²) in [6.45, 7) is 1.64. The molecule has 1 atom stereocenters. The minimum absolute atomic E-state index is 0.0401. The van der Waals surface area contributed by atoms with E-state index in [4.69, 9.17) is 0 Å². The number of aldehydes is 1. The second-order valence-corrected chi connectivity index (χ2v) is 3.19. The third-order valence-electron chi connectivity index (χ3n) is 1.46. The second-order valence-electron chi connectivity index (χ2n) is 2.83. The lowest BCUT2D eigenvalue weighted by Gasteiger charge is -2.10. The molecule has 0 aromatic heterocycles. The molecule has 0 bridgehead atoms. The molecule has 86 valence electrons. The van der Waals surface area contributed by atoms with Gasteiger partial charge in [-0.3, -0.25) is 14.9 Å². The minimum Gasteiger partial charge on any atom is -0.345 e. The van der Waals surface area contributed by atoms with Crippen molar-refractivity contribution in [3.8, 4) is 0 Å². The summed E-state index contributed by atoms with van der Waals surface area (Å²) in [4.78, 5) is 31.9. The number of thiol groups is 1. The summed E-state index contributed by atoms with van der Waals surface area (Å²) in [5.74, 6) is -0.225. The molecule has 0 heterocycles. The molecular weight excluding hydrogens is 218 g/mol. The number of carbonyl (C=O) groups is 3. The number of rotatable bonds is 7. The maximum Gasteiger partial charge on any atom is 0.234 e. The first kappa shape index (κ1) is 13.9. The molecule has 0 aliphatic heterocycles. The van der Waals surface area contributed by atoms with E-state index in [0.717, 1.165) is 0 Å². The largest absolute Gasteiger partial charge is 0.345 e. The zero-order chi connectivity index (χ0) is 11.7. The summed E-state index contributed by atoms with van der Waals surface area (Å²) in [5, 5.41) is 7.60. The average Bonchev–Trinajstić information content (AvgIpc) is 2.20. The molecule has 0 rings (SSSR count). The summed E-state index contributed by atoms with van der Waals surface area (Å²) in [7, 11) is 0. The lowest BCUT2D eigenvalue weighted by Crippen LogP contribution is -2.44. The number of hydrogen-bond donors (Lipinski definition) is 4. The van der Waals surface area contributed by atoms with Gasteiger partial charge in [0.05, 0.1) is 19.3 Å². The number of carbonyl (C=O) groups excluding carboxylic acids is 3. The Morgan fingerprint density at radius 3 is 2.60 bits per heavy atom. The Hall–Kier alpha value is -1.08. The topological polar surface area (TPSA) is 87.3 Å². The highest BCUT2D eigenvalue weighted by molar-refractivity contribution is 7.80. The molecule has 0 saturated heterocycles. The number of nitrogens with one attached hydrogen (secondary N) is 3. The molecule has 0 aromatic carbocycles. The molecule has 1 unspecified atom stereocenters. The Kier molecular flexibility index (Phi) is 7.65. The van der Waals surface area contributed by atoms with Gasteiger partial charge in [-0.1, -0.05) is 0 Å². The molecule has 2 amide bonds. The van der Waals surface area contributed by atoms with Crippen molar-refractivity contribution in [3.05, 3.63) is 0 Å². The standard InChI is InChI=1S/C8H15N3O3S/c1-6(13)10-5-9-2-8(14)11-7(3-12)4-15/h3,7,9,15H,2,4-5H2,1H3,(H,10,13)(H,11,14). The van der Waals surface area contributed by atoms with Crippen LogP contribution in [0.4, 0.5) is 0 Å². The van der Waals surface area contributed by atoms with Crippen LogP contribution in [0.5, 0.6) is 0 Å². The molecule has 0 fully saturated rings. The summed E-state index contributed by atoms with van der Waals surface area (Å²) >= 11 is 3.88. The molecule has 0 aromatic rings. The van der Waals surface area contributed by atoms with E-state index in [-0.39, 0.29) is 30.8 Å². The normalized spacial score (nSPS) is 11.6. The number of amides is 2. The fourth-order valence-corrected chi connectivity index (χ4v) is 0.921. The zero-order valence-corrected chi connectivity index (χ0v) is 9.34. The predicted molar refractivity (Wildman–Crippen MR) is 58.5 cm³/mol. The van der Waals surface area contributed by atoms with E-state index in [0.29, 0.717) is 6.29 Å². The zero-order valence-electron chi connectivity index (χ0n) is 8.45. The van der Waals surface area contributed by atoms with Gasteiger partial charge in [-0.05, 0) is 0 Å². The van der Waals surface area contributed by atoms with Crippen LogP contribution in [0.1, 0.15) is 6.92 Å². The molecule has 6 nitrogen and oxygen atoms in total. The molecule has 0 aliphatic carbocycles. The lowest BCUT2D eigenvalue weighted by atomic mass is 10.3. The predicted octanol–water partition coefficient (Wildman–Crippen LogP) is -1.72. The highest BCUT2D eigenvalue weighted by Crippen LogP contribution is 1.82. The van der Waals surface area contributed by atoms with Crippen LogP contribution >= 0.6 is 12.6 Å². The smallest absolute Gasteiger partial charge is 0.234 e. The fraction of sp³-hybridized carbons (Fsp3) is 0.625. The van der Waals surface area contributed by atoms with Crippen LogP contribution in [0.25, 0.3) is 0 Å². The van der Waals surface area contributed by atoms with Gasteiger partial charge >= 0.3 is 0 Å². The van der Waals surface area contributed by atoms with Crippen molar-refractivity contribution in [1.29, 1.82) is 0 Å². The average molecular weight is 233 g/mol. The number of hydrogen-bond acceptors (Lipinski definition) is 5. The monoisotopic (exact) mass is 233 g/mol. The first-order valence-corrected chi connectivity index (χ1v) is 5.04. The third-order valence-corrected chi connectivity index (χ3v) is 1.85. The van der Waals surface area contributed by atoms with Gasteiger partial charge in [-0.25, -0.2) is 0 Å². The summed E-state index contributed by atoms with van der Waals surface area (Å²) < 4.78 is 0. The lowest BCUT2D eigenvalue weighted by molar-refractivity contribution is -0.123. The maximum atomic E-state index is 11.1. The quantitative estimate of drug-likeness (QED) is 0.182. The van der Waals surface area contributed by atoms with E-state index in [1.165, 1.54) is 6.92 Å². The Balaban J connectivity index is 3.56.